The van der Waals surface area contributed by atoms with Gasteiger partial charge in [-0.3, -0.25) is 0 Å². The van der Waals surface area contributed by atoms with Gasteiger partial charge in [0.2, 0.25) is 0 Å². The van der Waals surface area contributed by atoms with Crippen molar-refractivity contribution in [2.75, 3.05) is 19.7 Å². The Morgan fingerprint density at radius 2 is 1.93 bits per heavy atom. The van der Waals surface area contributed by atoms with Gasteiger partial charge in [0, 0.05) is 0 Å². The standard InChI is InChI=1S/C10H19NO2Se2/c1-5-11(6-2)10(14)15-8(4)9(12)13-7-3/h8H,5-7H2,1-4H3. The Balaban J connectivity index is 4.10. The average Bonchev–Trinajstić information content (AvgIpc) is 2.19. The van der Waals surface area contributed by atoms with E-state index < -0.39 is 0 Å². The third-order valence-electron chi connectivity index (χ3n) is 1.92. The average molecular weight is 343 g/mol. The Hall–Kier alpha value is 0.179. The topological polar surface area (TPSA) is 29.5 Å². The second-order valence-electron chi connectivity index (χ2n) is 2.95. The van der Waals surface area contributed by atoms with Crippen molar-refractivity contribution < 1.29 is 9.53 Å². The second-order valence-corrected chi connectivity index (χ2v) is 7.86. The van der Waals surface area contributed by atoms with Gasteiger partial charge in [-0.1, -0.05) is 0 Å². The van der Waals surface area contributed by atoms with E-state index >= 15 is 0 Å². The molecule has 0 aromatic carbocycles. The molecule has 1 unspecified atom stereocenters. The fourth-order valence-electron chi connectivity index (χ4n) is 1.02. The van der Waals surface area contributed by atoms with Gasteiger partial charge in [-0.2, -0.15) is 0 Å². The molecule has 0 fully saturated rings. The summed E-state index contributed by atoms with van der Waals surface area (Å²) in [5.74, 6) is -0.0857. The van der Waals surface area contributed by atoms with Gasteiger partial charge in [0.1, 0.15) is 0 Å². The molecule has 0 amide bonds. The minimum atomic E-state index is -0.0857. The van der Waals surface area contributed by atoms with Crippen LogP contribution in [-0.4, -0.2) is 64.5 Å². The first-order valence-electron chi connectivity index (χ1n) is 5.18. The molecule has 3 nitrogen and oxygen atoms in total. The van der Waals surface area contributed by atoms with Crippen LogP contribution in [0.1, 0.15) is 27.7 Å². The molecule has 0 radical (unpaired) electrons. The van der Waals surface area contributed by atoms with Crippen LogP contribution in [0.15, 0.2) is 0 Å². The van der Waals surface area contributed by atoms with Crippen LogP contribution in [0, 0.1) is 0 Å². The third kappa shape index (κ3) is 5.72. The Bertz CT molecular complexity index is 217. The summed E-state index contributed by atoms with van der Waals surface area (Å²) in [4.78, 5) is 13.7. The number of hydrogen-bond acceptors (Lipinski definition) is 3. The molecule has 5 heteroatoms. The fraction of sp³-hybridized carbons (Fsp3) is 0.800. The molecule has 0 saturated carbocycles. The molecule has 0 rings (SSSR count). The molecule has 0 bridgehead atoms. The Morgan fingerprint density at radius 3 is 2.33 bits per heavy atom. The fourth-order valence-corrected chi connectivity index (χ4v) is 4.96. The first-order chi connectivity index (χ1) is 7.06. The quantitative estimate of drug-likeness (QED) is 0.503. The first kappa shape index (κ1) is 15.2. The van der Waals surface area contributed by atoms with Crippen molar-refractivity contribution in [1.29, 1.82) is 0 Å². The molecule has 0 aromatic rings. The number of hydrogen-bond donors (Lipinski definition) is 0. The molecule has 0 spiro atoms. The van der Waals surface area contributed by atoms with Crippen LogP contribution in [0.25, 0.3) is 0 Å². The van der Waals surface area contributed by atoms with E-state index in [2.05, 4.69) is 34.3 Å². The number of carbonyl (C=O) groups excluding carboxylic acids is 1. The molecular weight excluding hydrogens is 324 g/mol. The van der Waals surface area contributed by atoms with E-state index in [1.165, 1.54) is 3.44 Å². The minimum absolute atomic E-state index is 0.00528. The molecule has 0 aliphatic heterocycles. The van der Waals surface area contributed by atoms with E-state index in [0.29, 0.717) is 6.61 Å². The summed E-state index contributed by atoms with van der Waals surface area (Å²) in [7, 11) is 0. The van der Waals surface area contributed by atoms with Crippen molar-refractivity contribution in [3.05, 3.63) is 0 Å². The first-order valence-corrected chi connectivity index (χ1v) is 7.89. The number of rotatable bonds is 7. The van der Waals surface area contributed by atoms with Gasteiger partial charge in [-0.15, -0.1) is 0 Å². The van der Waals surface area contributed by atoms with Crippen LogP contribution in [0.5, 0.6) is 0 Å². The van der Waals surface area contributed by atoms with Gasteiger partial charge >= 0.3 is 107 Å². The maximum absolute atomic E-state index is 11.4. The van der Waals surface area contributed by atoms with E-state index in [1.807, 2.05) is 13.8 Å². The third-order valence-corrected chi connectivity index (χ3v) is 5.62. The van der Waals surface area contributed by atoms with Gasteiger partial charge in [0.15, 0.2) is 0 Å². The predicted octanol–water partition coefficient (Wildman–Crippen LogP) is 0.660. The molecule has 15 heavy (non-hydrogen) atoms. The van der Waals surface area contributed by atoms with Crippen molar-refractivity contribution in [2.45, 2.75) is 32.5 Å². The zero-order valence-corrected chi connectivity index (χ0v) is 13.2. The van der Waals surface area contributed by atoms with Crippen molar-refractivity contribution in [3.8, 4) is 0 Å². The summed E-state index contributed by atoms with van der Waals surface area (Å²) in [6, 6.07) is 0. The normalized spacial score (nSPS) is 12.0. The van der Waals surface area contributed by atoms with Gasteiger partial charge in [-0.25, -0.2) is 0 Å². The molecule has 0 aliphatic rings. The number of nitrogens with zero attached hydrogens (tertiary/aromatic N) is 1. The maximum atomic E-state index is 11.4. The van der Waals surface area contributed by atoms with Crippen LogP contribution in [0.2, 0.25) is 4.82 Å². The van der Waals surface area contributed by atoms with Crippen molar-refractivity contribution >= 4 is 39.9 Å². The second kappa shape index (κ2) is 8.34. The summed E-state index contributed by atoms with van der Waals surface area (Å²) in [5.41, 5.74) is 0. The van der Waals surface area contributed by atoms with E-state index in [0.717, 1.165) is 13.1 Å². The number of carbonyl (C=O) groups is 1. The Labute approximate surface area is 106 Å². The van der Waals surface area contributed by atoms with Gasteiger partial charge in [0.05, 0.1) is 0 Å². The zero-order valence-electron chi connectivity index (χ0n) is 9.78. The van der Waals surface area contributed by atoms with Gasteiger partial charge in [-0.05, 0) is 0 Å². The molecule has 1 atom stereocenters. The molecule has 0 heterocycles. The summed E-state index contributed by atoms with van der Waals surface area (Å²) in [6.07, 6.45) is 0. The van der Waals surface area contributed by atoms with Gasteiger partial charge < -0.3 is 0 Å². The monoisotopic (exact) mass is 345 g/mol. The Kier molecular flexibility index (Phi) is 8.44. The summed E-state index contributed by atoms with van der Waals surface area (Å²) < 4.78 is 6.18. The molecule has 0 N–H and O–H groups in total. The summed E-state index contributed by atoms with van der Waals surface area (Å²) >= 11 is 3.22. The molecular formula is C10H19NO2Se2. The molecule has 0 aromatic heterocycles. The van der Waals surface area contributed by atoms with Crippen molar-refractivity contribution in [1.82, 2.24) is 4.90 Å². The van der Waals surface area contributed by atoms with Crippen LogP contribution in [0.3, 0.4) is 0 Å². The summed E-state index contributed by atoms with van der Waals surface area (Å²) in [6.45, 7) is 10.4. The van der Waals surface area contributed by atoms with Gasteiger partial charge in [0.25, 0.3) is 0 Å². The Morgan fingerprint density at radius 1 is 1.40 bits per heavy atom. The molecule has 0 saturated heterocycles. The van der Waals surface area contributed by atoms with Crippen LogP contribution in [-0.2, 0) is 9.53 Å². The van der Waals surface area contributed by atoms with Crippen LogP contribution in [0.4, 0.5) is 0 Å². The van der Waals surface area contributed by atoms with Crippen LogP contribution >= 0.6 is 0 Å². The van der Waals surface area contributed by atoms with E-state index in [9.17, 15) is 4.79 Å². The zero-order chi connectivity index (χ0) is 11.8. The predicted molar refractivity (Wildman–Crippen MR) is 65.5 cm³/mol. The number of esters is 1. The van der Waals surface area contributed by atoms with E-state index in [4.69, 9.17) is 4.74 Å². The van der Waals surface area contributed by atoms with E-state index in [-0.39, 0.29) is 25.7 Å². The van der Waals surface area contributed by atoms with Crippen LogP contribution < -0.4 is 0 Å². The van der Waals surface area contributed by atoms with Crippen molar-refractivity contribution in [2.24, 2.45) is 0 Å². The number of ether oxygens (including phenoxy) is 1. The van der Waals surface area contributed by atoms with E-state index in [1.54, 1.807) is 0 Å². The molecule has 0 aliphatic carbocycles. The SMILES string of the molecule is CCOC(=O)C(C)[Se]C(=[Se])N(CC)CC. The summed E-state index contributed by atoms with van der Waals surface area (Å²) in [5, 5.41) is 0. The van der Waals surface area contributed by atoms with Crippen molar-refractivity contribution in [3.63, 3.8) is 0 Å². The molecule has 88 valence electrons.